The van der Waals surface area contributed by atoms with Crippen LogP contribution in [0.1, 0.15) is 20.8 Å². The molecule has 0 aliphatic carbocycles. The summed E-state index contributed by atoms with van der Waals surface area (Å²) in [6.07, 6.45) is 0.512. The molecule has 0 aromatic carbocycles. The number of fused-ring (bicyclic) bond motifs is 1. The van der Waals surface area contributed by atoms with E-state index in [1.807, 2.05) is 23.0 Å². The van der Waals surface area contributed by atoms with E-state index < -0.39 is 0 Å². The molecule has 0 saturated carbocycles. The van der Waals surface area contributed by atoms with Gasteiger partial charge in [-0.05, 0) is 26.6 Å². The first-order chi connectivity index (χ1) is 6.53. The highest BCUT2D eigenvalue weighted by atomic mass is 127. The van der Waals surface area contributed by atoms with E-state index >= 15 is 0 Å². The summed E-state index contributed by atoms with van der Waals surface area (Å²) in [6.45, 7) is 6.90. The van der Waals surface area contributed by atoms with E-state index in [-0.39, 0.29) is 23.8 Å². The lowest BCUT2D eigenvalue weighted by atomic mass is 9.53. The van der Waals surface area contributed by atoms with Gasteiger partial charge in [0.1, 0.15) is 29.1 Å². The van der Waals surface area contributed by atoms with Crippen LogP contribution in [0.15, 0.2) is 0 Å². The lowest BCUT2D eigenvalue weighted by Crippen LogP contribution is -2.32. The van der Waals surface area contributed by atoms with Crippen molar-refractivity contribution in [1.82, 2.24) is 0 Å². The monoisotopic (exact) mass is 309 g/mol. The van der Waals surface area contributed by atoms with Crippen LogP contribution in [0.5, 0.6) is 0 Å². The third-order valence-corrected chi connectivity index (χ3v) is 3.30. The molecule has 0 spiro atoms. The third kappa shape index (κ3) is 1.96. The molecule has 0 aromatic heterocycles. The third-order valence-electron chi connectivity index (χ3n) is 2.94. The molecule has 0 unspecified atom stereocenters. The van der Waals surface area contributed by atoms with E-state index in [9.17, 15) is 0 Å². The van der Waals surface area contributed by atoms with E-state index in [0.29, 0.717) is 12.4 Å². The molecule has 2 aliphatic heterocycles. The maximum Gasteiger partial charge on any atom is 0.163 e. The van der Waals surface area contributed by atoms with Gasteiger partial charge in [-0.25, -0.2) is 0 Å². The van der Waals surface area contributed by atoms with Crippen LogP contribution < -0.4 is 0 Å². The second kappa shape index (κ2) is 3.92. The Morgan fingerprint density at radius 2 is 2.21 bits per heavy atom. The van der Waals surface area contributed by atoms with Gasteiger partial charge in [0, 0.05) is 5.50 Å². The van der Waals surface area contributed by atoms with Crippen molar-refractivity contribution >= 4 is 30.3 Å². The molecule has 14 heavy (non-hydrogen) atoms. The van der Waals surface area contributed by atoms with Crippen molar-refractivity contribution in [3.63, 3.8) is 0 Å². The molecular weight excluding hydrogens is 294 g/mol. The first-order valence-corrected chi connectivity index (χ1v) is 5.84. The zero-order valence-corrected chi connectivity index (χ0v) is 10.9. The average Bonchev–Trinajstić information content (AvgIpc) is 2.51. The van der Waals surface area contributed by atoms with Gasteiger partial charge in [-0.1, -0.05) is 0 Å². The fourth-order valence-corrected chi connectivity index (χ4v) is 2.75. The van der Waals surface area contributed by atoms with Crippen molar-refractivity contribution in [1.29, 1.82) is 0 Å². The molecule has 2 heterocycles. The Kier molecular flexibility index (Phi) is 3.13. The molecule has 1 radical (unpaired) electrons. The van der Waals surface area contributed by atoms with Crippen LogP contribution in [0.3, 0.4) is 0 Å². The Labute approximate surface area is 99.8 Å². The molecule has 4 atom stereocenters. The molecule has 5 heteroatoms. The van der Waals surface area contributed by atoms with Crippen LogP contribution in [0.25, 0.3) is 0 Å². The summed E-state index contributed by atoms with van der Waals surface area (Å²) < 4.78 is 16.8. The van der Waals surface area contributed by atoms with E-state index in [4.69, 9.17) is 12.5 Å². The minimum absolute atomic E-state index is 0.0879. The van der Waals surface area contributed by atoms with Crippen molar-refractivity contribution in [2.45, 2.75) is 50.4 Å². The molecule has 2 rings (SSSR count). The maximum atomic E-state index is 5.94. The van der Waals surface area contributed by atoms with Crippen LogP contribution in [-0.4, -0.2) is 37.7 Å². The molecule has 2 aliphatic rings. The Hall–Kier alpha value is 0.675. The lowest BCUT2D eigenvalue weighted by Gasteiger charge is -2.23. The standard InChI is InChI=1S/C9H15BIO3/c1-5-7-8(6(13-5)4-12-11)14-9(2,3)10-7/h5-8H,4H2,1-3H3/t5-,6+,7-,8+/m0/s1. The van der Waals surface area contributed by atoms with E-state index in [1.54, 1.807) is 0 Å². The maximum absolute atomic E-state index is 5.94. The van der Waals surface area contributed by atoms with E-state index in [0.717, 1.165) is 0 Å². The second-order valence-electron chi connectivity index (χ2n) is 4.59. The van der Waals surface area contributed by atoms with Gasteiger partial charge in [-0.3, -0.25) is 0 Å². The largest absolute Gasteiger partial charge is 0.379 e. The summed E-state index contributed by atoms with van der Waals surface area (Å²) in [5, 5.41) is 0. The van der Waals surface area contributed by atoms with Crippen LogP contribution in [0.4, 0.5) is 0 Å². The predicted molar refractivity (Wildman–Crippen MR) is 62.8 cm³/mol. The number of ether oxygens (including phenoxy) is 2. The smallest absolute Gasteiger partial charge is 0.163 e. The molecule has 2 fully saturated rings. The molecule has 79 valence electrons. The molecular formula is C9H15BIO3. The summed E-state index contributed by atoms with van der Waals surface area (Å²) in [7, 11) is 2.26. The van der Waals surface area contributed by atoms with Gasteiger partial charge in [0.2, 0.25) is 0 Å². The van der Waals surface area contributed by atoms with E-state index in [2.05, 4.69) is 28.1 Å². The van der Waals surface area contributed by atoms with Crippen molar-refractivity contribution in [2.75, 3.05) is 6.61 Å². The van der Waals surface area contributed by atoms with Gasteiger partial charge in [0.15, 0.2) is 7.28 Å². The highest BCUT2D eigenvalue weighted by molar-refractivity contribution is 14.1. The molecule has 3 nitrogen and oxygen atoms in total. The summed E-state index contributed by atoms with van der Waals surface area (Å²) in [4.78, 5) is 0. The van der Waals surface area contributed by atoms with Gasteiger partial charge in [-0.2, -0.15) is 0 Å². The molecule has 0 bridgehead atoms. The van der Waals surface area contributed by atoms with Crippen LogP contribution in [-0.2, 0) is 12.5 Å². The highest BCUT2D eigenvalue weighted by Gasteiger charge is 2.52. The zero-order valence-electron chi connectivity index (χ0n) is 8.70. The van der Waals surface area contributed by atoms with Crippen molar-refractivity contribution in [3.05, 3.63) is 0 Å². The highest BCUT2D eigenvalue weighted by Crippen LogP contribution is 2.43. The fraction of sp³-hybridized carbons (Fsp3) is 1.00. The quantitative estimate of drug-likeness (QED) is 0.575. The van der Waals surface area contributed by atoms with Crippen LogP contribution in [0, 0.1) is 0 Å². The SMILES string of the molecule is C[C@@H]1O[C@H](COI)[C@H]2OC(C)(C)[B][C@H]21. The molecule has 2 saturated heterocycles. The normalized spacial score (nSPS) is 44.9. The summed E-state index contributed by atoms with van der Waals surface area (Å²) in [6, 6.07) is 0. The summed E-state index contributed by atoms with van der Waals surface area (Å²) in [5.41, 5.74) is -0.114. The van der Waals surface area contributed by atoms with Gasteiger partial charge in [0.25, 0.3) is 0 Å². The fourth-order valence-electron chi connectivity index (χ4n) is 2.39. The van der Waals surface area contributed by atoms with Crippen LogP contribution in [0.2, 0.25) is 5.82 Å². The van der Waals surface area contributed by atoms with Gasteiger partial charge in [-0.15, -0.1) is 0 Å². The predicted octanol–water partition coefficient (Wildman–Crippen LogP) is 1.77. The van der Waals surface area contributed by atoms with Gasteiger partial charge in [0.05, 0.1) is 18.8 Å². The topological polar surface area (TPSA) is 27.7 Å². The Bertz CT molecular complexity index is 224. The summed E-state index contributed by atoms with van der Waals surface area (Å²) >= 11 is 1.90. The average molecular weight is 309 g/mol. The van der Waals surface area contributed by atoms with Crippen molar-refractivity contribution in [3.8, 4) is 0 Å². The van der Waals surface area contributed by atoms with E-state index in [1.165, 1.54) is 0 Å². The minimum atomic E-state index is -0.114. The molecule has 0 amide bonds. The molecule has 0 aromatic rings. The Morgan fingerprint density at radius 3 is 2.86 bits per heavy atom. The number of hydrogen-bond acceptors (Lipinski definition) is 3. The van der Waals surface area contributed by atoms with Crippen LogP contribution >= 0.6 is 23.0 Å². The van der Waals surface area contributed by atoms with Crippen molar-refractivity contribution in [2.24, 2.45) is 0 Å². The molecule has 0 N–H and O–H groups in total. The number of hydrogen-bond donors (Lipinski definition) is 0. The Morgan fingerprint density at radius 1 is 1.50 bits per heavy atom. The lowest BCUT2D eigenvalue weighted by molar-refractivity contribution is -0.0622. The Balaban J connectivity index is 2.07. The second-order valence-corrected chi connectivity index (χ2v) is 5.21. The summed E-state index contributed by atoms with van der Waals surface area (Å²) in [5.74, 6) is 0.418. The number of halogens is 1. The minimum Gasteiger partial charge on any atom is -0.379 e. The first kappa shape index (κ1) is 11.2. The number of rotatable bonds is 2. The van der Waals surface area contributed by atoms with Crippen molar-refractivity contribution < 1.29 is 12.5 Å². The zero-order chi connectivity index (χ0) is 10.3. The first-order valence-electron chi connectivity index (χ1n) is 4.96. The van der Waals surface area contributed by atoms with Gasteiger partial charge < -0.3 is 12.5 Å². The van der Waals surface area contributed by atoms with Gasteiger partial charge >= 0.3 is 0 Å².